The molecular weight excluding hydrogens is 356 g/mol. The van der Waals surface area contributed by atoms with Crippen molar-refractivity contribution in [2.75, 3.05) is 22.1 Å². The largest absolute Gasteiger partial charge is 0.325 e. The number of benzene rings is 1. The van der Waals surface area contributed by atoms with Gasteiger partial charge in [0, 0.05) is 11.6 Å². The molecule has 0 aliphatic rings. The van der Waals surface area contributed by atoms with E-state index in [4.69, 9.17) is 0 Å². The molecule has 0 saturated carbocycles. The quantitative estimate of drug-likeness (QED) is 0.769. The van der Waals surface area contributed by atoms with Crippen LogP contribution in [0.15, 0.2) is 18.2 Å². The Labute approximate surface area is 155 Å². The van der Waals surface area contributed by atoms with Crippen LogP contribution >= 0.6 is 23.1 Å². The van der Waals surface area contributed by atoms with Crippen LogP contribution in [0.3, 0.4) is 0 Å². The molecule has 0 fully saturated rings. The highest BCUT2D eigenvalue weighted by molar-refractivity contribution is 8.00. The minimum absolute atomic E-state index is 0.126. The number of nitrogens with zero attached hydrogens (tertiary/aromatic N) is 2. The highest BCUT2D eigenvalue weighted by Crippen LogP contribution is 2.22. The molecule has 8 heteroatoms. The maximum Gasteiger partial charge on any atom is 0.236 e. The van der Waals surface area contributed by atoms with Gasteiger partial charge in [0.25, 0.3) is 0 Å². The van der Waals surface area contributed by atoms with Crippen LogP contribution in [0.4, 0.5) is 10.8 Å². The molecule has 2 N–H and O–H groups in total. The molecular formula is C17H22N4O2S2. The van der Waals surface area contributed by atoms with Crippen LogP contribution in [-0.4, -0.2) is 33.5 Å². The summed E-state index contributed by atoms with van der Waals surface area (Å²) in [4.78, 5) is 23.8. The van der Waals surface area contributed by atoms with Crippen LogP contribution in [0.5, 0.6) is 0 Å². The van der Waals surface area contributed by atoms with Gasteiger partial charge < -0.3 is 5.32 Å². The number of hydrogen-bond acceptors (Lipinski definition) is 6. The second-order valence-electron chi connectivity index (χ2n) is 5.99. The number of hydrogen-bond donors (Lipinski definition) is 2. The van der Waals surface area contributed by atoms with Crippen molar-refractivity contribution in [3.8, 4) is 0 Å². The molecule has 25 heavy (non-hydrogen) atoms. The fourth-order valence-electron chi connectivity index (χ4n) is 1.93. The summed E-state index contributed by atoms with van der Waals surface area (Å²) in [5.74, 6) is 0.381. The Bertz CT molecular complexity index is 759. The first-order valence-corrected chi connectivity index (χ1v) is 9.90. The number of carbonyl (C=O) groups is 2. The van der Waals surface area contributed by atoms with E-state index in [0.29, 0.717) is 5.13 Å². The fourth-order valence-corrected chi connectivity index (χ4v) is 3.31. The Morgan fingerprint density at radius 2 is 1.76 bits per heavy atom. The van der Waals surface area contributed by atoms with E-state index in [9.17, 15) is 9.59 Å². The first kappa shape index (κ1) is 19.4. The van der Waals surface area contributed by atoms with Gasteiger partial charge >= 0.3 is 0 Å². The Kier molecular flexibility index (Phi) is 6.95. The third kappa shape index (κ3) is 6.13. The molecule has 0 bridgehead atoms. The molecule has 0 radical (unpaired) electrons. The minimum Gasteiger partial charge on any atom is -0.325 e. The van der Waals surface area contributed by atoms with E-state index in [1.54, 1.807) is 0 Å². The second-order valence-corrected chi connectivity index (χ2v) is 7.98. The lowest BCUT2D eigenvalue weighted by Crippen LogP contribution is -2.18. The number of thioether (sulfide) groups is 1. The number of amides is 2. The molecule has 2 aromatic rings. The van der Waals surface area contributed by atoms with E-state index in [-0.39, 0.29) is 29.2 Å². The molecule has 6 nitrogen and oxygen atoms in total. The molecule has 0 aliphatic heterocycles. The summed E-state index contributed by atoms with van der Waals surface area (Å²) in [5.41, 5.74) is 3.08. The van der Waals surface area contributed by atoms with Gasteiger partial charge in [0.05, 0.1) is 11.5 Å². The van der Waals surface area contributed by atoms with Gasteiger partial charge in [0.1, 0.15) is 5.01 Å². The molecule has 1 aromatic carbocycles. The molecule has 0 saturated heterocycles. The highest BCUT2D eigenvalue weighted by Gasteiger charge is 2.11. The Balaban J connectivity index is 1.72. The number of aromatic nitrogens is 2. The van der Waals surface area contributed by atoms with Gasteiger partial charge in [-0.15, -0.1) is 22.0 Å². The van der Waals surface area contributed by atoms with Crippen molar-refractivity contribution in [2.24, 2.45) is 0 Å². The zero-order valence-electron chi connectivity index (χ0n) is 14.8. The average Bonchev–Trinajstić information content (AvgIpc) is 2.99. The van der Waals surface area contributed by atoms with Crippen LogP contribution in [0.25, 0.3) is 0 Å². The summed E-state index contributed by atoms with van der Waals surface area (Å²) in [6.07, 6.45) is 0. The summed E-state index contributed by atoms with van der Waals surface area (Å²) >= 11 is 2.63. The van der Waals surface area contributed by atoms with Gasteiger partial charge in [0.2, 0.25) is 16.9 Å². The van der Waals surface area contributed by atoms with Crippen molar-refractivity contribution in [3.05, 3.63) is 34.3 Å². The third-order valence-corrected chi connectivity index (χ3v) is 5.51. The molecule has 0 aliphatic carbocycles. The van der Waals surface area contributed by atoms with Gasteiger partial charge in [-0.25, -0.2) is 0 Å². The smallest absolute Gasteiger partial charge is 0.236 e. The molecule has 2 rings (SSSR count). The molecule has 0 spiro atoms. The maximum atomic E-state index is 11.9. The van der Waals surface area contributed by atoms with E-state index in [0.717, 1.165) is 16.3 Å². The fraction of sp³-hybridized carbons (Fsp3) is 0.412. The summed E-state index contributed by atoms with van der Waals surface area (Å²) in [5, 5.41) is 14.9. The zero-order chi connectivity index (χ0) is 18.4. The van der Waals surface area contributed by atoms with Crippen LogP contribution in [-0.2, 0) is 9.59 Å². The van der Waals surface area contributed by atoms with Crippen LogP contribution in [0, 0.1) is 13.8 Å². The average molecular weight is 379 g/mol. The standard InChI is InChI=1S/C17H22N4O2S2/c1-10(2)16-20-21-17(25-16)19-15(23)9-24-8-14(22)18-13-6-5-11(3)12(4)7-13/h5-7,10H,8-9H2,1-4H3,(H,18,22)(H,19,21,23). The summed E-state index contributed by atoms with van der Waals surface area (Å²) in [6, 6.07) is 5.78. The lowest BCUT2D eigenvalue weighted by Gasteiger charge is -2.07. The molecule has 0 unspecified atom stereocenters. The first-order chi connectivity index (χ1) is 11.8. The van der Waals surface area contributed by atoms with Crippen molar-refractivity contribution in [1.29, 1.82) is 0 Å². The minimum atomic E-state index is -0.185. The number of anilines is 2. The third-order valence-electron chi connectivity index (χ3n) is 3.44. The lowest BCUT2D eigenvalue weighted by molar-refractivity contribution is -0.114. The van der Waals surface area contributed by atoms with Gasteiger partial charge in [-0.2, -0.15) is 0 Å². The molecule has 1 aromatic heterocycles. The Morgan fingerprint density at radius 3 is 2.36 bits per heavy atom. The van der Waals surface area contributed by atoms with E-state index in [2.05, 4.69) is 20.8 Å². The van der Waals surface area contributed by atoms with Gasteiger partial charge in [-0.3, -0.25) is 14.9 Å². The van der Waals surface area contributed by atoms with E-state index in [1.807, 2.05) is 45.9 Å². The predicted octanol–water partition coefficient (Wildman–Crippen LogP) is 3.59. The maximum absolute atomic E-state index is 11.9. The van der Waals surface area contributed by atoms with Gasteiger partial charge in [0.15, 0.2) is 0 Å². The second kappa shape index (κ2) is 8.96. The van der Waals surface area contributed by atoms with Crippen molar-refractivity contribution in [1.82, 2.24) is 10.2 Å². The van der Waals surface area contributed by atoms with Crippen molar-refractivity contribution in [3.63, 3.8) is 0 Å². The topological polar surface area (TPSA) is 84.0 Å². The lowest BCUT2D eigenvalue weighted by atomic mass is 10.1. The van der Waals surface area contributed by atoms with Gasteiger partial charge in [-0.05, 0) is 37.1 Å². The van der Waals surface area contributed by atoms with Crippen LogP contribution < -0.4 is 10.6 Å². The molecule has 2 amide bonds. The SMILES string of the molecule is Cc1ccc(NC(=O)CSCC(=O)Nc2nnc(C(C)C)s2)cc1C. The first-order valence-electron chi connectivity index (χ1n) is 7.93. The van der Waals surface area contributed by atoms with Crippen LogP contribution in [0.2, 0.25) is 0 Å². The van der Waals surface area contributed by atoms with Crippen LogP contribution in [0.1, 0.15) is 35.9 Å². The molecule has 134 valence electrons. The molecule has 1 heterocycles. The van der Waals surface area contributed by atoms with E-state index >= 15 is 0 Å². The van der Waals surface area contributed by atoms with Crippen molar-refractivity contribution in [2.45, 2.75) is 33.6 Å². The number of carbonyl (C=O) groups excluding carboxylic acids is 2. The van der Waals surface area contributed by atoms with E-state index in [1.165, 1.54) is 28.7 Å². The molecule has 0 atom stereocenters. The normalized spacial score (nSPS) is 10.8. The van der Waals surface area contributed by atoms with E-state index < -0.39 is 0 Å². The summed E-state index contributed by atoms with van der Waals surface area (Å²) in [6.45, 7) is 8.08. The number of nitrogens with one attached hydrogen (secondary N) is 2. The zero-order valence-corrected chi connectivity index (χ0v) is 16.4. The predicted molar refractivity (Wildman–Crippen MR) is 104 cm³/mol. The monoisotopic (exact) mass is 378 g/mol. The number of rotatable bonds is 7. The number of aryl methyl sites for hydroxylation is 2. The summed E-state index contributed by atoms with van der Waals surface area (Å²) < 4.78 is 0. The summed E-state index contributed by atoms with van der Waals surface area (Å²) in [7, 11) is 0. The van der Waals surface area contributed by atoms with Gasteiger partial charge in [-0.1, -0.05) is 31.3 Å². The Morgan fingerprint density at radius 1 is 1.08 bits per heavy atom. The van der Waals surface area contributed by atoms with Crippen molar-refractivity contribution >= 4 is 45.7 Å². The highest BCUT2D eigenvalue weighted by atomic mass is 32.2. The van der Waals surface area contributed by atoms with Crippen molar-refractivity contribution < 1.29 is 9.59 Å². The Hall–Kier alpha value is -1.93.